The van der Waals surface area contributed by atoms with Crippen LogP contribution < -0.4 is 5.32 Å². The van der Waals surface area contributed by atoms with E-state index in [1.54, 1.807) is 0 Å². The molecule has 58 heavy (non-hydrogen) atoms. The second-order valence-electron chi connectivity index (χ2n) is 17.1. The molecule has 1 heterocycles. The number of hydrogen-bond donors (Lipinski definition) is 7. The number of unbranched alkanes of at least 4 members (excludes halogenated alkanes) is 27. The summed E-state index contributed by atoms with van der Waals surface area (Å²) in [6.07, 6.45) is 24.7. The molecule has 8 atom stereocenters. The number of nitrogens with one attached hydrogen (secondary N) is 1. The van der Waals surface area contributed by atoms with Gasteiger partial charge in [0.25, 0.3) is 0 Å². The van der Waals surface area contributed by atoms with Crippen LogP contribution in [-0.4, -0.2) is 111 Å². The zero-order valence-corrected chi connectivity index (χ0v) is 36.6. The van der Waals surface area contributed by atoms with Gasteiger partial charge in [0.05, 0.1) is 25.4 Å². The molecule has 1 aliphatic heterocycles. The van der Waals surface area contributed by atoms with Gasteiger partial charge in [0.2, 0.25) is 5.91 Å². The molecule has 0 bridgehead atoms. The number of ether oxygens (including phenoxy) is 2. The highest BCUT2D eigenvalue weighted by atomic mass is 19.1. The minimum Gasteiger partial charge on any atom is -0.394 e. The zero-order valence-electron chi connectivity index (χ0n) is 36.6. The van der Waals surface area contributed by atoms with Crippen LogP contribution in [-0.2, 0) is 19.1 Å². The Bertz CT molecular complexity index is 961. The van der Waals surface area contributed by atoms with E-state index in [9.17, 15) is 44.6 Å². The number of alkyl halides is 1. The molecule has 0 aliphatic carbocycles. The van der Waals surface area contributed by atoms with Crippen molar-refractivity contribution in [1.82, 2.24) is 5.32 Å². The van der Waals surface area contributed by atoms with Gasteiger partial charge in [-0.25, -0.2) is 4.39 Å². The van der Waals surface area contributed by atoms with Crippen LogP contribution in [0.15, 0.2) is 0 Å². The normalized spacial score (nSPS) is 21.2. The molecule has 0 spiro atoms. The van der Waals surface area contributed by atoms with Gasteiger partial charge in [-0.05, 0) is 19.3 Å². The smallest absolute Gasteiger partial charge is 0.220 e. The molecule has 0 aromatic carbocycles. The maximum atomic E-state index is 13.0. The van der Waals surface area contributed by atoms with Crippen LogP contribution in [0, 0.1) is 0 Å². The van der Waals surface area contributed by atoms with Crippen molar-refractivity contribution in [3.63, 3.8) is 0 Å². The maximum Gasteiger partial charge on any atom is 0.220 e. The second kappa shape index (κ2) is 37.5. The topological polar surface area (TPSA) is 186 Å². The SMILES string of the molecule is CCCCCCCCCCCCCC[C@@H](O)[C@@H](O)[C@H](CO[C@H]1O[C@H](CO)[C@H](O)[C@H](O)[C@H]1O)NC(=O)CCCCCCCCCCCCCCCCCCCC(=O)CF. The Morgan fingerprint density at radius 1 is 0.603 bits per heavy atom. The van der Waals surface area contributed by atoms with Crippen molar-refractivity contribution in [3.05, 3.63) is 0 Å². The van der Waals surface area contributed by atoms with E-state index in [2.05, 4.69) is 12.2 Å². The van der Waals surface area contributed by atoms with Gasteiger partial charge < -0.3 is 45.4 Å². The molecule has 0 aromatic heterocycles. The number of aliphatic hydroxyl groups excluding tert-OH is 6. The van der Waals surface area contributed by atoms with Gasteiger partial charge in [0, 0.05) is 12.8 Å². The lowest BCUT2D eigenvalue weighted by atomic mass is 9.98. The summed E-state index contributed by atoms with van der Waals surface area (Å²) in [6, 6.07) is -1.00. The van der Waals surface area contributed by atoms with Crippen molar-refractivity contribution in [1.29, 1.82) is 0 Å². The first-order valence-electron chi connectivity index (χ1n) is 23.8. The summed E-state index contributed by atoms with van der Waals surface area (Å²) in [4.78, 5) is 24.0. The summed E-state index contributed by atoms with van der Waals surface area (Å²) in [6.45, 7) is 0.481. The highest BCUT2D eigenvalue weighted by Crippen LogP contribution is 2.23. The third-order valence-electron chi connectivity index (χ3n) is 11.8. The molecule has 0 unspecified atom stereocenters. The molecule has 1 rings (SSSR count). The van der Waals surface area contributed by atoms with E-state index in [4.69, 9.17) is 9.47 Å². The summed E-state index contributed by atoms with van der Waals surface area (Å²) in [7, 11) is 0. The number of ketones is 1. The average molecular weight is 834 g/mol. The van der Waals surface area contributed by atoms with E-state index in [0.717, 1.165) is 64.2 Å². The summed E-state index contributed by atoms with van der Waals surface area (Å²) < 4.78 is 23.3. The monoisotopic (exact) mass is 834 g/mol. The first-order valence-corrected chi connectivity index (χ1v) is 23.8. The third kappa shape index (κ3) is 27.6. The predicted molar refractivity (Wildman–Crippen MR) is 228 cm³/mol. The van der Waals surface area contributed by atoms with E-state index in [-0.39, 0.29) is 24.7 Å². The molecule has 344 valence electrons. The molecule has 0 radical (unpaired) electrons. The lowest BCUT2D eigenvalue weighted by molar-refractivity contribution is -0.303. The Hall–Kier alpha value is -1.25. The average Bonchev–Trinajstić information content (AvgIpc) is 3.22. The molecule has 1 amide bonds. The van der Waals surface area contributed by atoms with Gasteiger partial charge in [-0.3, -0.25) is 9.59 Å². The van der Waals surface area contributed by atoms with Gasteiger partial charge >= 0.3 is 0 Å². The van der Waals surface area contributed by atoms with E-state index in [0.29, 0.717) is 19.3 Å². The molecule has 12 heteroatoms. The Morgan fingerprint density at radius 3 is 1.45 bits per heavy atom. The first kappa shape index (κ1) is 54.8. The van der Waals surface area contributed by atoms with Crippen molar-refractivity contribution in [2.45, 2.75) is 261 Å². The molecule has 1 saturated heterocycles. The predicted octanol–water partition coefficient (Wildman–Crippen LogP) is 8.05. The lowest BCUT2D eigenvalue weighted by Gasteiger charge is -2.40. The van der Waals surface area contributed by atoms with Crippen LogP contribution >= 0.6 is 0 Å². The fourth-order valence-electron chi connectivity index (χ4n) is 7.87. The number of hydrogen-bond acceptors (Lipinski definition) is 10. The number of rotatable bonds is 41. The molecule has 1 fully saturated rings. The fraction of sp³-hybridized carbons (Fsp3) is 0.957. The van der Waals surface area contributed by atoms with Crippen molar-refractivity contribution >= 4 is 11.7 Å². The number of amides is 1. The standard InChI is InChI=1S/C46H88FNO10/c1-2-3-4-5-6-7-8-17-20-23-26-29-32-39(51)42(53)38(36-57-46-45(56)44(55)43(54)40(35-49)58-46)48-41(52)33-30-27-24-21-18-15-13-11-9-10-12-14-16-19-22-25-28-31-37(50)34-47/h38-40,42-46,49,51,53-56H,2-36H2,1H3,(H,48,52)/t38-,39+,40+,42-,43-,44-,45+,46-/m0/s1. The minimum atomic E-state index is -1.62. The minimum absolute atomic E-state index is 0.263. The summed E-state index contributed by atoms with van der Waals surface area (Å²) in [5, 5.41) is 65.1. The Labute approximate surface area is 351 Å². The second-order valence-corrected chi connectivity index (χ2v) is 17.1. The van der Waals surface area contributed by atoms with E-state index < -0.39 is 62.2 Å². The van der Waals surface area contributed by atoms with Gasteiger partial charge in [-0.1, -0.05) is 180 Å². The number of aliphatic hydroxyl groups is 6. The fourth-order valence-corrected chi connectivity index (χ4v) is 7.87. The summed E-state index contributed by atoms with van der Waals surface area (Å²) >= 11 is 0. The van der Waals surface area contributed by atoms with Crippen molar-refractivity contribution in [2.24, 2.45) is 0 Å². The van der Waals surface area contributed by atoms with Crippen LogP contribution in [0.5, 0.6) is 0 Å². The van der Waals surface area contributed by atoms with Crippen LogP contribution in [0.1, 0.15) is 212 Å². The summed E-state index contributed by atoms with van der Waals surface area (Å²) in [5.74, 6) is -0.551. The largest absolute Gasteiger partial charge is 0.394 e. The quantitative estimate of drug-likeness (QED) is 0.0297. The number of carbonyl (C=O) groups is 2. The van der Waals surface area contributed by atoms with Gasteiger partial charge in [0.15, 0.2) is 12.1 Å². The van der Waals surface area contributed by atoms with Crippen molar-refractivity contribution < 1.29 is 54.1 Å². The maximum absolute atomic E-state index is 13.0. The van der Waals surface area contributed by atoms with Gasteiger partial charge in [0.1, 0.15) is 37.2 Å². The van der Waals surface area contributed by atoms with E-state index in [1.165, 1.54) is 116 Å². The van der Waals surface area contributed by atoms with Crippen LogP contribution in [0.4, 0.5) is 4.39 Å². The highest BCUT2D eigenvalue weighted by Gasteiger charge is 2.44. The summed E-state index contributed by atoms with van der Waals surface area (Å²) in [5.41, 5.74) is 0. The zero-order chi connectivity index (χ0) is 42.6. The Morgan fingerprint density at radius 2 is 1.02 bits per heavy atom. The van der Waals surface area contributed by atoms with Gasteiger partial charge in [-0.2, -0.15) is 0 Å². The Kier molecular flexibility index (Phi) is 35.4. The highest BCUT2D eigenvalue weighted by molar-refractivity contribution is 5.79. The number of carbonyl (C=O) groups excluding carboxylic acids is 2. The molecular formula is C46H88FNO10. The lowest BCUT2D eigenvalue weighted by Crippen LogP contribution is -2.60. The Balaban J connectivity index is 2.31. The third-order valence-corrected chi connectivity index (χ3v) is 11.8. The van der Waals surface area contributed by atoms with Gasteiger partial charge in [-0.15, -0.1) is 0 Å². The van der Waals surface area contributed by atoms with Crippen molar-refractivity contribution in [3.8, 4) is 0 Å². The molecule has 1 aliphatic rings. The first-order chi connectivity index (χ1) is 28.2. The van der Waals surface area contributed by atoms with Crippen molar-refractivity contribution in [2.75, 3.05) is 19.9 Å². The molecule has 0 saturated carbocycles. The van der Waals surface area contributed by atoms with Crippen LogP contribution in [0.25, 0.3) is 0 Å². The van der Waals surface area contributed by atoms with Crippen LogP contribution in [0.2, 0.25) is 0 Å². The molecular weight excluding hydrogens is 746 g/mol. The number of halogens is 1. The van der Waals surface area contributed by atoms with Crippen LogP contribution in [0.3, 0.4) is 0 Å². The van der Waals surface area contributed by atoms with E-state index in [1.807, 2.05) is 0 Å². The van der Waals surface area contributed by atoms with E-state index >= 15 is 0 Å². The molecule has 0 aromatic rings. The number of Topliss-reactive ketones (excluding diaryl/α,β-unsaturated/α-hetero) is 1. The molecule has 7 N–H and O–H groups in total. The molecule has 11 nitrogen and oxygen atoms in total.